The van der Waals surface area contributed by atoms with Crippen molar-refractivity contribution in [3.8, 4) is 17.3 Å². The van der Waals surface area contributed by atoms with Gasteiger partial charge in [-0.3, -0.25) is 9.69 Å². The molecule has 2 aromatic heterocycles. The molecule has 0 aliphatic carbocycles. The molecule has 0 unspecified atom stereocenters. The highest BCUT2D eigenvalue weighted by molar-refractivity contribution is 5.94. The summed E-state index contributed by atoms with van der Waals surface area (Å²) in [6, 6.07) is 5.32. The van der Waals surface area contributed by atoms with Crippen molar-refractivity contribution in [2.45, 2.75) is 6.54 Å². The van der Waals surface area contributed by atoms with E-state index in [0.717, 1.165) is 0 Å². The Morgan fingerprint density at radius 1 is 1.27 bits per heavy atom. The van der Waals surface area contributed by atoms with E-state index in [1.807, 2.05) is 0 Å². The summed E-state index contributed by atoms with van der Waals surface area (Å²) in [5.74, 6) is 0.651. The number of methoxy groups -OCH3 is 2. The van der Waals surface area contributed by atoms with Gasteiger partial charge in [-0.05, 0) is 22.4 Å². The van der Waals surface area contributed by atoms with Crippen LogP contribution >= 0.6 is 0 Å². The number of ether oxygens (including phenoxy) is 3. The third kappa shape index (κ3) is 4.75. The summed E-state index contributed by atoms with van der Waals surface area (Å²) in [4.78, 5) is 15.0. The lowest BCUT2D eigenvalue weighted by molar-refractivity contribution is 0.0332. The van der Waals surface area contributed by atoms with Gasteiger partial charge in [0, 0.05) is 25.2 Å². The average Bonchev–Trinajstić information content (AvgIpc) is 3.45. The number of hydrogen-bond donors (Lipinski definition) is 2. The van der Waals surface area contributed by atoms with Crippen molar-refractivity contribution >= 4 is 17.9 Å². The van der Waals surface area contributed by atoms with Gasteiger partial charge in [0.15, 0.2) is 17.2 Å². The first-order chi connectivity index (χ1) is 16.1. The molecule has 0 saturated carbocycles. The minimum absolute atomic E-state index is 0.0261. The third-order valence-electron chi connectivity index (χ3n) is 4.95. The van der Waals surface area contributed by atoms with Crippen molar-refractivity contribution in [3.63, 3.8) is 0 Å². The van der Waals surface area contributed by atoms with Gasteiger partial charge in [0.25, 0.3) is 5.91 Å². The molecule has 1 aromatic carbocycles. The summed E-state index contributed by atoms with van der Waals surface area (Å²) in [6.07, 6.45) is 1.45. The van der Waals surface area contributed by atoms with Gasteiger partial charge in [-0.1, -0.05) is 11.3 Å². The van der Waals surface area contributed by atoms with Crippen LogP contribution in [0.4, 0.5) is 5.82 Å². The maximum Gasteiger partial charge on any atom is 0.293 e. The van der Waals surface area contributed by atoms with Gasteiger partial charge >= 0.3 is 0 Å². The lowest BCUT2D eigenvalue weighted by atomic mass is 10.2. The van der Waals surface area contributed by atoms with Crippen LogP contribution in [0.3, 0.4) is 0 Å². The van der Waals surface area contributed by atoms with Crippen molar-refractivity contribution < 1.29 is 23.6 Å². The Balaban J connectivity index is 1.58. The second kappa shape index (κ2) is 10.1. The number of carbonyl (C=O) groups is 1. The number of anilines is 1. The monoisotopic (exact) mass is 457 g/mol. The topological polar surface area (TPSA) is 168 Å². The number of nitrogens with two attached hydrogens (primary N) is 1. The zero-order valence-electron chi connectivity index (χ0n) is 18.1. The number of nitrogen functional groups attached to an aromatic ring is 1. The number of carbonyl (C=O) groups excluding carboxylic acids is 1. The fourth-order valence-corrected chi connectivity index (χ4v) is 3.33. The molecule has 33 heavy (non-hydrogen) atoms. The lowest BCUT2D eigenvalue weighted by Crippen LogP contribution is -2.37. The highest BCUT2D eigenvalue weighted by atomic mass is 16.6. The van der Waals surface area contributed by atoms with E-state index in [1.165, 1.54) is 25.1 Å². The third-order valence-corrected chi connectivity index (χ3v) is 4.95. The van der Waals surface area contributed by atoms with E-state index >= 15 is 0 Å². The molecule has 1 saturated heterocycles. The minimum Gasteiger partial charge on any atom is -0.493 e. The number of morpholine rings is 1. The SMILES string of the molecule is COc1cccc(/C=N\NC(=O)c2nnn(-c3nonc3N)c2CN2CCOCC2)c1OC. The molecular formula is C19H23N9O5. The smallest absolute Gasteiger partial charge is 0.293 e. The highest BCUT2D eigenvalue weighted by Gasteiger charge is 2.26. The predicted octanol–water partition coefficient (Wildman–Crippen LogP) is -0.154. The standard InChI is InChI=1S/C19H23N9O5/c1-30-14-5-3-4-12(16(14)31-2)10-21-23-19(29)15-13(11-27-6-8-32-9-7-27)28(26-22-15)18-17(20)24-33-25-18/h3-5,10H,6-9,11H2,1-2H3,(H2,20,24)(H,23,29)/b21-10-. The molecular weight excluding hydrogens is 434 g/mol. The maximum atomic E-state index is 12.9. The van der Waals surface area contributed by atoms with Crippen molar-refractivity contribution in [3.05, 3.63) is 35.2 Å². The van der Waals surface area contributed by atoms with Gasteiger partial charge in [-0.15, -0.1) is 5.10 Å². The number of nitrogens with zero attached hydrogens (tertiary/aromatic N) is 7. The molecule has 1 aliphatic rings. The Hall–Kier alpha value is -4.04. The van der Waals surface area contributed by atoms with Crippen LogP contribution in [0, 0.1) is 0 Å². The number of nitrogens with one attached hydrogen (secondary N) is 1. The van der Waals surface area contributed by atoms with Crippen molar-refractivity contribution in [2.75, 3.05) is 46.3 Å². The molecule has 3 aromatic rings. The summed E-state index contributed by atoms with van der Waals surface area (Å²) in [5, 5.41) is 19.4. The summed E-state index contributed by atoms with van der Waals surface area (Å²) in [6.45, 7) is 2.91. The number of hydrogen-bond acceptors (Lipinski definition) is 12. The first kappa shape index (κ1) is 22.2. The van der Waals surface area contributed by atoms with Crippen molar-refractivity contribution in [1.82, 2.24) is 35.6 Å². The molecule has 1 fully saturated rings. The van der Waals surface area contributed by atoms with Crippen LogP contribution in [-0.2, 0) is 11.3 Å². The van der Waals surface area contributed by atoms with E-state index < -0.39 is 5.91 Å². The van der Waals surface area contributed by atoms with E-state index in [9.17, 15) is 4.79 Å². The van der Waals surface area contributed by atoms with E-state index in [1.54, 1.807) is 18.2 Å². The van der Waals surface area contributed by atoms with Gasteiger partial charge in [-0.2, -0.15) is 9.78 Å². The molecule has 3 N–H and O–H groups in total. The van der Waals surface area contributed by atoms with E-state index in [-0.39, 0.29) is 17.3 Å². The van der Waals surface area contributed by atoms with Crippen molar-refractivity contribution in [1.29, 1.82) is 0 Å². The Morgan fingerprint density at radius 3 is 2.79 bits per heavy atom. The number of rotatable bonds is 8. The molecule has 1 amide bonds. The molecule has 0 atom stereocenters. The van der Waals surface area contributed by atoms with Gasteiger partial charge < -0.3 is 19.9 Å². The summed E-state index contributed by atoms with van der Waals surface area (Å²) < 4.78 is 22.0. The molecule has 0 bridgehead atoms. The maximum absolute atomic E-state index is 12.9. The summed E-state index contributed by atoms with van der Waals surface area (Å²) in [5.41, 5.74) is 9.44. The first-order valence-corrected chi connectivity index (χ1v) is 9.99. The quantitative estimate of drug-likeness (QED) is 0.341. The minimum atomic E-state index is -0.558. The van der Waals surface area contributed by atoms with E-state index in [0.29, 0.717) is 55.6 Å². The summed E-state index contributed by atoms with van der Waals surface area (Å²) in [7, 11) is 3.06. The molecule has 0 radical (unpaired) electrons. The van der Waals surface area contributed by atoms with Crippen LogP contribution in [0.2, 0.25) is 0 Å². The number of aromatic nitrogens is 5. The normalized spacial score (nSPS) is 14.5. The molecule has 0 spiro atoms. The van der Waals surface area contributed by atoms with Crippen LogP contribution in [0.5, 0.6) is 11.5 Å². The first-order valence-electron chi connectivity index (χ1n) is 9.99. The second-order valence-electron chi connectivity index (χ2n) is 6.94. The Labute approximate surface area is 188 Å². The number of hydrazone groups is 1. The van der Waals surface area contributed by atoms with Gasteiger partial charge in [0.05, 0.1) is 39.3 Å². The van der Waals surface area contributed by atoms with Crippen LogP contribution < -0.4 is 20.6 Å². The number of amides is 1. The zero-order chi connectivity index (χ0) is 23.2. The van der Waals surface area contributed by atoms with E-state index in [2.05, 4.69) is 40.7 Å². The van der Waals surface area contributed by atoms with Crippen LogP contribution in [0.15, 0.2) is 27.9 Å². The molecule has 1 aliphatic heterocycles. The molecule has 4 rings (SSSR count). The molecule has 3 heterocycles. The average molecular weight is 457 g/mol. The summed E-state index contributed by atoms with van der Waals surface area (Å²) >= 11 is 0. The van der Waals surface area contributed by atoms with E-state index in [4.69, 9.17) is 19.9 Å². The fraction of sp³-hybridized carbons (Fsp3) is 0.368. The number of benzene rings is 1. The van der Waals surface area contributed by atoms with Crippen molar-refractivity contribution in [2.24, 2.45) is 5.10 Å². The highest BCUT2D eigenvalue weighted by Crippen LogP contribution is 2.29. The Bertz CT molecular complexity index is 1140. The second-order valence-corrected chi connectivity index (χ2v) is 6.94. The Morgan fingerprint density at radius 2 is 2.09 bits per heavy atom. The predicted molar refractivity (Wildman–Crippen MR) is 114 cm³/mol. The molecule has 14 heteroatoms. The largest absolute Gasteiger partial charge is 0.493 e. The Kier molecular flexibility index (Phi) is 6.75. The fourth-order valence-electron chi connectivity index (χ4n) is 3.33. The van der Waals surface area contributed by atoms with Gasteiger partial charge in [0.1, 0.15) is 0 Å². The van der Waals surface area contributed by atoms with Crippen LogP contribution in [0.25, 0.3) is 5.82 Å². The number of para-hydroxylation sites is 1. The molecule has 14 nitrogen and oxygen atoms in total. The van der Waals surface area contributed by atoms with Crippen LogP contribution in [0.1, 0.15) is 21.7 Å². The van der Waals surface area contributed by atoms with Gasteiger partial charge in [-0.25, -0.2) is 10.1 Å². The lowest BCUT2D eigenvalue weighted by Gasteiger charge is -2.26. The van der Waals surface area contributed by atoms with Crippen LogP contribution in [-0.4, -0.2) is 82.9 Å². The molecule has 174 valence electrons. The zero-order valence-corrected chi connectivity index (χ0v) is 18.1. The van der Waals surface area contributed by atoms with Gasteiger partial charge in [0.2, 0.25) is 11.6 Å².